The van der Waals surface area contributed by atoms with Crippen molar-refractivity contribution in [3.8, 4) is 11.8 Å². The Morgan fingerprint density at radius 2 is 1.86 bits per heavy atom. The number of nitriles is 1. The molecule has 0 aromatic heterocycles. The minimum absolute atomic E-state index is 0.270. The third-order valence-electron chi connectivity index (χ3n) is 6.98. The number of Topliss-reactive ketones (excluding diaryl/α,β-unsaturated/α-hetero) is 1. The van der Waals surface area contributed by atoms with Crippen molar-refractivity contribution in [2.75, 3.05) is 6.61 Å². The van der Waals surface area contributed by atoms with Gasteiger partial charge in [-0.3, -0.25) is 4.79 Å². The Bertz CT molecular complexity index is 665. The number of rotatable bonds is 8. The van der Waals surface area contributed by atoms with Crippen molar-refractivity contribution < 1.29 is 9.53 Å². The highest BCUT2D eigenvalue weighted by atomic mass is 16.5. The summed E-state index contributed by atoms with van der Waals surface area (Å²) < 4.78 is 5.86. The molecule has 1 aromatic rings. The molecule has 0 N–H and O–H groups in total. The zero-order valence-electron chi connectivity index (χ0n) is 17.4. The van der Waals surface area contributed by atoms with Crippen LogP contribution in [0.25, 0.3) is 0 Å². The first kappa shape index (κ1) is 20.9. The number of hydrogen-bond acceptors (Lipinski definition) is 3. The third-order valence-corrected chi connectivity index (χ3v) is 6.98. The Kier molecular flexibility index (Phi) is 7.54. The lowest BCUT2D eigenvalue weighted by Gasteiger charge is -2.42. The molecule has 3 heteroatoms. The molecule has 2 aliphatic carbocycles. The summed E-state index contributed by atoms with van der Waals surface area (Å²) in [6.07, 6.45) is 12.2. The SMILES string of the molecule is CCCCCCOc1ccc(C2CCC(C#N)(C3CCCC(=O)C3)CC2)cc1. The third kappa shape index (κ3) is 5.16. The van der Waals surface area contributed by atoms with Crippen LogP contribution in [0.15, 0.2) is 24.3 Å². The van der Waals surface area contributed by atoms with Gasteiger partial charge in [0.1, 0.15) is 11.5 Å². The summed E-state index contributed by atoms with van der Waals surface area (Å²) in [7, 11) is 0. The highest BCUT2D eigenvalue weighted by molar-refractivity contribution is 5.79. The van der Waals surface area contributed by atoms with Crippen LogP contribution in [0, 0.1) is 22.7 Å². The first-order chi connectivity index (χ1) is 13.7. The predicted molar refractivity (Wildman–Crippen MR) is 112 cm³/mol. The smallest absolute Gasteiger partial charge is 0.133 e. The molecule has 1 atom stereocenters. The van der Waals surface area contributed by atoms with Crippen molar-refractivity contribution in [3.05, 3.63) is 29.8 Å². The molecule has 0 spiro atoms. The van der Waals surface area contributed by atoms with E-state index in [0.29, 0.717) is 24.5 Å². The van der Waals surface area contributed by atoms with E-state index in [-0.39, 0.29) is 11.3 Å². The summed E-state index contributed by atoms with van der Waals surface area (Å²) in [6, 6.07) is 11.3. The second-order valence-electron chi connectivity index (χ2n) is 8.85. The van der Waals surface area contributed by atoms with Crippen LogP contribution in [0.3, 0.4) is 0 Å². The van der Waals surface area contributed by atoms with Crippen molar-refractivity contribution in [1.29, 1.82) is 5.26 Å². The maximum atomic E-state index is 11.9. The molecule has 1 unspecified atom stereocenters. The minimum Gasteiger partial charge on any atom is -0.494 e. The van der Waals surface area contributed by atoms with E-state index in [1.54, 1.807) is 0 Å². The monoisotopic (exact) mass is 381 g/mol. The molecular weight excluding hydrogens is 346 g/mol. The highest BCUT2D eigenvalue weighted by Crippen LogP contribution is 2.50. The Morgan fingerprint density at radius 3 is 2.50 bits per heavy atom. The van der Waals surface area contributed by atoms with Crippen molar-refractivity contribution in [2.45, 2.75) is 89.9 Å². The van der Waals surface area contributed by atoms with Crippen molar-refractivity contribution in [1.82, 2.24) is 0 Å². The molecule has 1 aromatic carbocycles. The van der Waals surface area contributed by atoms with Crippen LogP contribution in [0.5, 0.6) is 5.75 Å². The summed E-state index contributed by atoms with van der Waals surface area (Å²) in [6.45, 7) is 3.02. The zero-order valence-corrected chi connectivity index (χ0v) is 17.4. The molecule has 2 fully saturated rings. The van der Waals surface area contributed by atoms with Gasteiger partial charge in [-0.1, -0.05) is 38.3 Å². The van der Waals surface area contributed by atoms with Gasteiger partial charge in [-0.2, -0.15) is 5.26 Å². The van der Waals surface area contributed by atoms with Gasteiger partial charge < -0.3 is 4.74 Å². The molecule has 3 nitrogen and oxygen atoms in total. The van der Waals surface area contributed by atoms with Crippen molar-refractivity contribution in [3.63, 3.8) is 0 Å². The van der Waals surface area contributed by atoms with Gasteiger partial charge in [-0.25, -0.2) is 0 Å². The summed E-state index contributed by atoms with van der Waals surface area (Å²) in [5, 5.41) is 9.93. The molecule has 0 bridgehead atoms. The Morgan fingerprint density at radius 1 is 1.11 bits per heavy atom. The quantitative estimate of drug-likeness (QED) is 0.478. The van der Waals surface area contributed by atoms with Gasteiger partial charge in [0.05, 0.1) is 18.1 Å². The number of ether oxygens (including phenoxy) is 1. The molecular formula is C25H35NO2. The predicted octanol–water partition coefficient (Wildman–Crippen LogP) is 6.57. The van der Waals surface area contributed by atoms with Crippen LogP contribution in [0.4, 0.5) is 0 Å². The summed E-state index contributed by atoms with van der Waals surface area (Å²) >= 11 is 0. The normalized spacial score (nSPS) is 27.9. The van der Waals surface area contributed by atoms with Gasteiger partial charge in [0.25, 0.3) is 0 Å². The maximum Gasteiger partial charge on any atom is 0.133 e. The number of benzene rings is 1. The van der Waals surface area contributed by atoms with Gasteiger partial charge in [0.2, 0.25) is 0 Å². The van der Waals surface area contributed by atoms with E-state index in [0.717, 1.165) is 57.3 Å². The maximum absolute atomic E-state index is 11.9. The number of unbranched alkanes of at least 4 members (excludes halogenated alkanes) is 3. The first-order valence-electron chi connectivity index (χ1n) is 11.3. The van der Waals surface area contributed by atoms with Gasteiger partial charge >= 0.3 is 0 Å². The second-order valence-corrected chi connectivity index (χ2v) is 8.85. The van der Waals surface area contributed by atoms with E-state index in [1.165, 1.54) is 24.8 Å². The van der Waals surface area contributed by atoms with Crippen molar-refractivity contribution in [2.24, 2.45) is 11.3 Å². The fourth-order valence-electron chi connectivity index (χ4n) is 5.13. The topological polar surface area (TPSA) is 50.1 Å². The van der Waals surface area contributed by atoms with Crippen LogP contribution in [0.2, 0.25) is 0 Å². The molecule has 0 aliphatic heterocycles. The number of carbonyl (C=O) groups is 1. The first-order valence-corrected chi connectivity index (χ1v) is 11.3. The van der Waals surface area contributed by atoms with E-state index >= 15 is 0 Å². The van der Waals surface area contributed by atoms with E-state index in [4.69, 9.17) is 4.74 Å². The molecule has 0 radical (unpaired) electrons. The van der Waals surface area contributed by atoms with E-state index in [2.05, 4.69) is 37.3 Å². The molecule has 152 valence electrons. The van der Waals surface area contributed by atoms with Crippen LogP contribution >= 0.6 is 0 Å². The van der Waals surface area contributed by atoms with Crippen LogP contribution in [-0.4, -0.2) is 12.4 Å². The Hall–Kier alpha value is -1.82. The summed E-state index contributed by atoms with van der Waals surface area (Å²) in [5.41, 5.74) is 1.10. The average Bonchev–Trinajstić information content (AvgIpc) is 2.74. The van der Waals surface area contributed by atoms with Gasteiger partial charge in [0.15, 0.2) is 0 Å². The second kappa shape index (κ2) is 10.1. The lowest BCUT2D eigenvalue weighted by Crippen LogP contribution is -2.36. The number of carbonyl (C=O) groups excluding carboxylic acids is 1. The fourth-order valence-corrected chi connectivity index (χ4v) is 5.13. The largest absolute Gasteiger partial charge is 0.494 e. The Labute approximate surface area is 170 Å². The number of hydrogen-bond donors (Lipinski definition) is 0. The van der Waals surface area contributed by atoms with Gasteiger partial charge in [-0.05, 0) is 74.5 Å². The Balaban J connectivity index is 1.51. The number of nitrogens with zero attached hydrogens (tertiary/aromatic N) is 1. The van der Waals surface area contributed by atoms with Gasteiger partial charge in [0, 0.05) is 12.8 Å². The number of ketones is 1. The fraction of sp³-hybridized carbons (Fsp3) is 0.680. The molecule has 0 saturated heterocycles. The van der Waals surface area contributed by atoms with E-state index in [9.17, 15) is 10.1 Å². The van der Waals surface area contributed by atoms with Gasteiger partial charge in [-0.15, -0.1) is 0 Å². The van der Waals surface area contributed by atoms with E-state index < -0.39 is 0 Å². The van der Waals surface area contributed by atoms with Crippen LogP contribution in [0.1, 0.15) is 95.5 Å². The minimum atomic E-state index is -0.270. The molecule has 0 amide bonds. The van der Waals surface area contributed by atoms with Crippen LogP contribution < -0.4 is 4.74 Å². The van der Waals surface area contributed by atoms with Crippen molar-refractivity contribution >= 4 is 5.78 Å². The highest BCUT2D eigenvalue weighted by Gasteiger charge is 2.43. The summed E-state index contributed by atoms with van der Waals surface area (Å²) in [4.78, 5) is 11.9. The lowest BCUT2D eigenvalue weighted by atomic mass is 9.60. The summed E-state index contributed by atoms with van der Waals surface area (Å²) in [5.74, 6) is 2.13. The average molecular weight is 382 g/mol. The lowest BCUT2D eigenvalue weighted by molar-refractivity contribution is -0.123. The molecule has 2 aliphatic rings. The molecule has 0 heterocycles. The van der Waals surface area contributed by atoms with Crippen LogP contribution in [-0.2, 0) is 4.79 Å². The van der Waals surface area contributed by atoms with E-state index in [1.807, 2.05) is 0 Å². The molecule has 3 rings (SSSR count). The zero-order chi connectivity index (χ0) is 19.8. The molecule has 2 saturated carbocycles. The molecule has 28 heavy (non-hydrogen) atoms. The standard InChI is InChI=1S/C25H35NO2/c1-2-3-4-5-17-28-24-11-9-20(10-12-24)21-13-15-25(19-26,16-14-21)22-7-6-8-23(27)18-22/h9-12,21-22H,2-8,13-18H2,1H3.